The van der Waals surface area contributed by atoms with Crippen LogP contribution in [0.2, 0.25) is 0 Å². The van der Waals surface area contributed by atoms with Crippen LogP contribution in [-0.4, -0.2) is 16.3 Å². The van der Waals surface area contributed by atoms with Crippen LogP contribution in [0.3, 0.4) is 0 Å². The number of hydrogen-bond acceptors (Lipinski definition) is 3. The van der Waals surface area contributed by atoms with E-state index < -0.39 is 0 Å². The number of aromatic nitrogens is 2. The summed E-state index contributed by atoms with van der Waals surface area (Å²) in [6.07, 6.45) is 0. The van der Waals surface area contributed by atoms with Gasteiger partial charge in [0.05, 0.1) is 11.4 Å². The number of nitrogens with zero attached hydrogens (tertiary/aromatic N) is 2. The summed E-state index contributed by atoms with van der Waals surface area (Å²) in [6, 6.07) is 10.6. The van der Waals surface area contributed by atoms with Crippen LogP contribution in [-0.2, 0) is 13.2 Å². The molecule has 21 heavy (non-hydrogen) atoms. The van der Waals surface area contributed by atoms with Crippen LogP contribution in [0, 0.1) is 6.92 Å². The lowest BCUT2D eigenvalue weighted by molar-refractivity contribution is 0.287. The molecule has 4 heteroatoms. The van der Waals surface area contributed by atoms with Crippen molar-refractivity contribution in [3.05, 3.63) is 47.3 Å². The molecule has 0 spiro atoms. The Morgan fingerprint density at radius 3 is 2.76 bits per heavy atom. The van der Waals surface area contributed by atoms with E-state index >= 15 is 0 Å². The van der Waals surface area contributed by atoms with Gasteiger partial charge < -0.3 is 10.1 Å². The molecule has 2 rings (SSSR count). The van der Waals surface area contributed by atoms with Crippen LogP contribution in [0.25, 0.3) is 0 Å². The quantitative estimate of drug-likeness (QED) is 0.847. The van der Waals surface area contributed by atoms with Crippen molar-refractivity contribution >= 4 is 0 Å². The Balaban J connectivity index is 2.12. The molecule has 1 atom stereocenters. The first-order valence-corrected chi connectivity index (χ1v) is 7.64. The van der Waals surface area contributed by atoms with Gasteiger partial charge in [0, 0.05) is 18.2 Å². The first kappa shape index (κ1) is 15.6. The third-order valence-corrected chi connectivity index (χ3v) is 3.56. The van der Waals surface area contributed by atoms with Gasteiger partial charge in [-0.05, 0) is 39.4 Å². The van der Waals surface area contributed by atoms with E-state index in [4.69, 9.17) is 4.74 Å². The number of rotatable bonds is 7. The summed E-state index contributed by atoms with van der Waals surface area (Å²) in [5.74, 6) is 0.937. The van der Waals surface area contributed by atoms with Crippen molar-refractivity contribution in [3.63, 3.8) is 0 Å². The zero-order valence-electron chi connectivity index (χ0n) is 13.4. The van der Waals surface area contributed by atoms with E-state index in [1.807, 2.05) is 23.7 Å². The molecular formula is C17H25N3O. The summed E-state index contributed by atoms with van der Waals surface area (Å²) < 4.78 is 8.04. The van der Waals surface area contributed by atoms with Gasteiger partial charge in [-0.15, -0.1) is 0 Å². The normalized spacial score (nSPS) is 12.4. The molecule has 0 fully saturated rings. The average molecular weight is 287 g/mol. The topological polar surface area (TPSA) is 39.1 Å². The second kappa shape index (κ2) is 7.27. The van der Waals surface area contributed by atoms with Crippen molar-refractivity contribution in [2.24, 2.45) is 0 Å². The van der Waals surface area contributed by atoms with Crippen molar-refractivity contribution in [2.75, 3.05) is 6.54 Å². The van der Waals surface area contributed by atoms with Crippen LogP contribution >= 0.6 is 0 Å². The number of para-hydroxylation sites is 1. The van der Waals surface area contributed by atoms with Crippen molar-refractivity contribution in [1.29, 1.82) is 0 Å². The zero-order chi connectivity index (χ0) is 15.2. The minimum Gasteiger partial charge on any atom is -0.487 e. The monoisotopic (exact) mass is 287 g/mol. The fraction of sp³-hybridized carbons (Fsp3) is 0.471. The molecule has 114 valence electrons. The summed E-state index contributed by atoms with van der Waals surface area (Å²) >= 11 is 0. The summed E-state index contributed by atoms with van der Waals surface area (Å²) in [5, 5.41) is 7.88. The van der Waals surface area contributed by atoms with Gasteiger partial charge in [0.2, 0.25) is 0 Å². The number of ether oxygens (including phenoxy) is 1. The molecular weight excluding hydrogens is 262 g/mol. The molecule has 0 amide bonds. The molecule has 1 unspecified atom stereocenters. The minimum absolute atomic E-state index is 0.282. The van der Waals surface area contributed by atoms with E-state index in [0.717, 1.165) is 30.2 Å². The average Bonchev–Trinajstić information content (AvgIpc) is 2.86. The Labute approximate surface area is 127 Å². The first-order chi connectivity index (χ1) is 10.2. The van der Waals surface area contributed by atoms with Crippen molar-refractivity contribution in [3.8, 4) is 5.75 Å². The molecule has 0 radical (unpaired) electrons. The lowest BCUT2D eigenvalue weighted by Crippen LogP contribution is -2.18. The maximum absolute atomic E-state index is 6.05. The molecule has 1 N–H and O–H groups in total. The van der Waals surface area contributed by atoms with Gasteiger partial charge in [0.1, 0.15) is 12.4 Å². The van der Waals surface area contributed by atoms with Crippen LogP contribution < -0.4 is 10.1 Å². The molecule has 0 aliphatic heterocycles. The SMILES string of the molecule is CCNC(C)c1ccccc1OCc1cc(C)nn1CC. The van der Waals surface area contributed by atoms with Crippen LogP contribution in [0.4, 0.5) is 0 Å². The molecule has 0 aliphatic rings. The Morgan fingerprint density at radius 1 is 1.29 bits per heavy atom. The summed E-state index contributed by atoms with van der Waals surface area (Å²) in [4.78, 5) is 0. The van der Waals surface area contributed by atoms with Gasteiger partial charge in [-0.3, -0.25) is 4.68 Å². The smallest absolute Gasteiger partial charge is 0.130 e. The molecule has 1 aromatic heterocycles. The Hall–Kier alpha value is -1.81. The second-order valence-corrected chi connectivity index (χ2v) is 5.20. The fourth-order valence-corrected chi connectivity index (χ4v) is 2.53. The van der Waals surface area contributed by atoms with Gasteiger partial charge in [-0.2, -0.15) is 5.10 Å². The van der Waals surface area contributed by atoms with Crippen LogP contribution in [0.5, 0.6) is 5.75 Å². The van der Waals surface area contributed by atoms with Gasteiger partial charge in [0.15, 0.2) is 0 Å². The van der Waals surface area contributed by atoms with E-state index in [1.165, 1.54) is 5.56 Å². The Kier molecular flexibility index (Phi) is 5.39. The Morgan fingerprint density at radius 2 is 2.05 bits per heavy atom. The second-order valence-electron chi connectivity index (χ2n) is 5.20. The maximum Gasteiger partial charge on any atom is 0.130 e. The Bertz CT molecular complexity index is 577. The third kappa shape index (κ3) is 3.85. The van der Waals surface area contributed by atoms with E-state index in [0.29, 0.717) is 6.61 Å². The van der Waals surface area contributed by atoms with Crippen molar-refractivity contribution < 1.29 is 4.74 Å². The van der Waals surface area contributed by atoms with Crippen molar-refractivity contribution in [1.82, 2.24) is 15.1 Å². The fourth-order valence-electron chi connectivity index (χ4n) is 2.53. The molecule has 0 saturated carbocycles. The first-order valence-electron chi connectivity index (χ1n) is 7.64. The molecule has 2 aromatic rings. The number of aryl methyl sites for hydroxylation is 2. The maximum atomic E-state index is 6.05. The largest absolute Gasteiger partial charge is 0.487 e. The van der Waals surface area contributed by atoms with Crippen LogP contribution in [0.15, 0.2) is 30.3 Å². The molecule has 0 aliphatic carbocycles. The number of benzene rings is 1. The highest BCUT2D eigenvalue weighted by Crippen LogP contribution is 2.25. The molecule has 0 bridgehead atoms. The van der Waals surface area contributed by atoms with Gasteiger partial charge in [-0.25, -0.2) is 0 Å². The summed E-state index contributed by atoms with van der Waals surface area (Å²) in [6.45, 7) is 10.7. The van der Waals surface area contributed by atoms with E-state index in [1.54, 1.807) is 0 Å². The number of hydrogen-bond donors (Lipinski definition) is 1. The van der Waals surface area contributed by atoms with E-state index in [9.17, 15) is 0 Å². The lowest BCUT2D eigenvalue weighted by Gasteiger charge is -2.17. The zero-order valence-corrected chi connectivity index (χ0v) is 13.4. The highest BCUT2D eigenvalue weighted by molar-refractivity contribution is 5.35. The summed E-state index contributed by atoms with van der Waals surface area (Å²) in [5.41, 5.74) is 3.34. The highest BCUT2D eigenvalue weighted by atomic mass is 16.5. The molecule has 1 heterocycles. The van der Waals surface area contributed by atoms with Gasteiger partial charge >= 0.3 is 0 Å². The summed E-state index contributed by atoms with van der Waals surface area (Å²) in [7, 11) is 0. The van der Waals surface area contributed by atoms with Crippen molar-refractivity contribution in [2.45, 2.75) is 46.9 Å². The predicted octanol–water partition coefficient (Wildman–Crippen LogP) is 3.46. The standard InChI is InChI=1S/C17H25N3O/c1-5-18-14(4)16-9-7-8-10-17(16)21-12-15-11-13(3)19-20(15)6-2/h7-11,14,18H,5-6,12H2,1-4H3. The predicted molar refractivity (Wildman–Crippen MR) is 85.5 cm³/mol. The van der Waals surface area contributed by atoms with Crippen LogP contribution in [0.1, 0.15) is 43.8 Å². The molecule has 1 aromatic carbocycles. The van der Waals surface area contributed by atoms with E-state index in [-0.39, 0.29) is 6.04 Å². The van der Waals surface area contributed by atoms with Gasteiger partial charge in [-0.1, -0.05) is 25.1 Å². The van der Waals surface area contributed by atoms with Gasteiger partial charge in [0.25, 0.3) is 0 Å². The molecule has 4 nitrogen and oxygen atoms in total. The van der Waals surface area contributed by atoms with E-state index in [2.05, 4.69) is 49.4 Å². The third-order valence-electron chi connectivity index (χ3n) is 3.56. The highest BCUT2D eigenvalue weighted by Gasteiger charge is 2.11. The lowest BCUT2D eigenvalue weighted by atomic mass is 10.1. The number of nitrogens with one attached hydrogen (secondary N) is 1. The molecule has 0 saturated heterocycles. The minimum atomic E-state index is 0.282.